The third-order valence-corrected chi connectivity index (χ3v) is 3.58. The second kappa shape index (κ2) is 4.53. The molecule has 1 unspecified atom stereocenters. The van der Waals surface area contributed by atoms with E-state index in [2.05, 4.69) is 13.2 Å². The number of hydrogen-bond donors (Lipinski definition) is 1. The molecular weight excluding hydrogens is 196 g/mol. The third kappa shape index (κ3) is 2.64. The molecule has 0 spiro atoms. The van der Waals surface area contributed by atoms with Gasteiger partial charge in [-0.2, -0.15) is 11.8 Å². The average Bonchev–Trinajstić information content (AvgIpc) is 2.91. The Hall–Kier alpha value is -0.220. The maximum Gasteiger partial charge on any atom is 0.242 e. The Morgan fingerprint density at radius 2 is 2.21 bits per heavy atom. The zero-order chi connectivity index (χ0) is 10.8. The molecule has 1 fully saturated rings. The van der Waals surface area contributed by atoms with Gasteiger partial charge in [0.05, 0.1) is 5.54 Å². The van der Waals surface area contributed by atoms with Gasteiger partial charge in [-0.3, -0.25) is 4.79 Å². The molecule has 1 aliphatic carbocycles. The van der Waals surface area contributed by atoms with Crippen molar-refractivity contribution >= 4 is 17.7 Å². The second-order valence-corrected chi connectivity index (χ2v) is 5.19. The van der Waals surface area contributed by atoms with Crippen molar-refractivity contribution < 1.29 is 4.79 Å². The molecule has 0 saturated heterocycles. The summed E-state index contributed by atoms with van der Waals surface area (Å²) in [5.41, 5.74) is 5.35. The van der Waals surface area contributed by atoms with E-state index in [0.29, 0.717) is 6.04 Å². The van der Waals surface area contributed by atoms with E-state index in [9.17, 15) is 4.79 Å². The molecular formula is C10H20N2OS. The van der Waals surface area contributed by atoms with Gasteiger partial charge in [-0.25, -0.2) is 0 Å². The van der Waals surface area contributed by atoms with Crippen molar-refractivity contribution in [2.75, 3.05) is 19.1 Å². The van der Waals surface area contributed by atoms with E-state index in [0.717, 1.165) is 25.0 Å². The minimum Gasteiger partial charge on any atom is -0.341 e. The van der Waals surface area contributed by atoms with Crippen LogP contribution in [0.15, 0.2) is 0 Å². The number of amides is 1. The summed E-state index contributed by atoms with van der Waals surface area (Å²) in [6.07, 6.45) is 4.83. The predicted octanol–water partition coefficient (Wildman–Crippen LogP) is 1.08. The van der Waals surface area contributed by atoms with Crippen molar-refractivity contribution in [1.82, 2.24) is 4.90 Å². The summed E-state index contributed by atoms with van der Waals surface area (Å²) < 4.78 is 0. The lowest BCUT2D eigenvalue weighted by molar-refractivity contribution is -0.134. The van der Waals surface area contributed by atoms with Crippen molar-refractivity contribution in [3.63, 3.8) is 0 Å². The maximum absolute atomic E-state index is 11.8. The molecule has 1 atom stereocenters. The Bertz CT molecular complexity index is 216. The monoisotopic (exact) mass is 216 g/mol. The van der Waals surface area contributed by atoms with Crippen molar-refractivity contribution in [3.8, 4) is 0 Å². The van der Waals surface area contributed by atoms with Gasteiger partial charge in [0.15, 0.2) is 0 Å². The van der Waals surface area contributed by atoms with E-state index >= 15 is 0 Å². The standard InChI is InChI=1S/C10H20N2OS/c1-8(4-7-14-3)12(2)9(13)10(11)5-6-10/h8H,4-7,11H2,1-3H3. The summed E-state index contributed by atoms with van der Waals surface area (Å²) in [7, 11) is 1.86. The number of hydrogen-bond acceptors (Lipinski definition) is 3. The van der Waals surface area contributed by atoms with E-state index in [1.165, 1.54) is 0 Å². The molecule has 0 radical (unpaired) electrons. The van der Waals surface area contributed by atoms with E-state index in [-0.39, 0.29) is 5.91 Å². The molecule has 82 valence electrons. The molecule has 0 aromatic carbocycles. The Labute approximate surface area is 90.4 Å². The largest absolute Gasteiger partial charge is 0.341 e. The van der Waals surface area contributed by atoms with Gasteiger partial charge < -0.3 is 10.6 Å². The fourth-order valence-corrected chi connectivity index (χ4v) is 1.96. The van der Waals surface area contributed by atoms with Crippen LogP contribution in [0, 0.1) is 0 Å². The highest BCUT2D eigenvalue weighted by atomic mass is 32.2. The third-order valence-electron chi connectivity index (χ3n) is 2.94. The fourth-order valence-electron chi connectivity index (χ4n) is 1.38. The highest BCUT2D eigenvalue weighted by Crippen LogP contribution is 2.34. The van der Waals surface area contributed by atoms with Crippen LogP contribution >= 0.6 is 11.8 Å². The van der Waals surface area contributed by atoms with Crippen molar-refractivity contribution in [2.24, 2.45) is 5.73 Å². The Morgan fingerprint density at radius 1 is 1.64 bits per heavy atom. The molecule has 0 aromatic rings. The van der Waals surface area contributed by atoms with Gasteiger partial charge in [0, 0.05) is 13.1 Å². The van der Waals surface area contributed by atoms with Gasteiger partial charge in [-0.15, -0.1) is 0 Å². The van der Waals surface area contributed by atoms with Gasteiger partial charge in [0.2, 0.25) is 5.91 Å². The van der Waals surface area contributed by atoms with Crippen LogP contribution in [-0.2, 0) is 4.79 Å². The van der Waals surface area contributed by atoms with Crippen LogP contribution in [0.5, 0.6) is 0 Å². The van der Waals surface area contributed by atoms with Gasteiger partial charge >= 0.3 is 0 Å². The van der Waals surface area contributed by atoms with Crippen LogP contribution < -0.4 is 5.73 Å². The summed E-state index contributed by atoms with van der Waals surface area (Å²) >= 11 is 1.81. The van der Waals surface area contributed by atoms with E-state index < -0.39 is 5.54 Å². The lowest BCUT2D eigenvalue weighted by Crippen LogP contribution is -2.47. The zero-order valence-corrected chi connectivity index (χ0v) is 10.1. The minimum atomic E-state index is -0.512. The SMILES string of the molecule is CSCCC(C)N(C)C(=O)C1(N)CC1. The van der Waals surface area contributed by atoms with Crippen LogP contribution in [-0.4, -0.2) is 41.4 Å². The second-order valence-electron chi connectivity index (χ2n) is 4.20. The van der Waals surface area contributed by atoms with Crippen LogP contribution in [0.4, 0.5) is 0 Å². The van der Waals surface area contributed by atoms with E-state index in [4.69, 9.17) is 5.73 Å². The zero-order valence-electron chi connectivity index (χ0n) is 9.25. The fraction of sp³-hybridized carbons (Fsp3) is 0.900. The first-order valence-corrected chi connectivity index (χ1v) is 6.46. The first kappa shape index (κ1) is 11.9. The summed E-state index contributed by atoms with van der Waals surface area (Å²) in [5.74, 6) is 1.21. The lowest BCUT2D eigenvalue weighted by atomic mass is 10.2. The van der Waals surface area contributed by atoms with Crippen molar-refractivity contribution in [2.45, 2.75) is 37.8 Å². The minimum absolute atomic E-state index is 0.117. The van der Waals surface area contributed by atoms with Crippen LogP contribution in [0.25, 0.3) is 0 Å². The first-order valence-electron chi connectivity index (χ1n) is 5.06. The number of likely N-dealkylation sites (N-methyl/N-ethyl adjacent to an activating group) is 1. The molecule has 0 heterocycles. The highest BCUT2D eigenvalue weighted by molar-refractivity contribution is 7.98. The predicted molar refractivity (Wildman–Crippen MR) is 61.4 cm³/mol. The Kier molecular flexibility index (Phi) is 3.84. The normalized spacial score (nSPS) is 20.3. The quantitative estimate of drug-likeness (QED) is 0.748. The van der Waals surface area contributed by atoms with Crippen LogP contribution in [0.2, 0.25) is 0 Å². The van der Waals surface area contributed by atoms with Gasteiger partial charge in [-0.05, 0) is 38.2 Å². The first-order chi connectivity index (χ1) is 6.51. The number of rotatable bonds is 5. The summed E-state index contributed by atoms with van der Waals surface area (Å²) in [6, 6.07) is 0.302. The molecule has 14 heavy (non-hydrogen) atoms. The molecule has 2 N–H and O–H groups in total. The number of carbonyl (C=O) groups excluding carboxylic acids is 1. The molecule has 1 rings (SSSR count). The van der Waals surface area contributed by atoms with Crippen molar-refractivity contribution in [1.29, 1.82) is 0 Å². The summed E-state index contributed by atoms with van der Waals surface area (Å²) in [6.45, 7) is 2.08. The molecule has 0 bridgehead atoms. The smallest absolute Gasteiger partial charge is 0.242 e. The Balaban J connectivity index is 2.39. The number of nitrogens with zero attached hydrogens (tertiary/aromatic N) is 1. The van der Waals surface area contributed by atoms with Gasteiger partial charge in [0.25, 0.3) is 0 Å². The van der Waals surface area contributed by atoms with E-state index in [1.807, 2.05) is 23.7 Å². The molecule has 1 saturated carbocycles. The topological polar surface area (TPSA) is 46.3 Å². The number of nitrogens with two attached hydrogens (primary N) is 1. The average molecular weight is 216 g/mol. The number of thioether (sulfide) groups is 1. The maximum atomic E-state index is 11.8. The Morgan fingerprint density at radius 3 is 2.64 bits per heavy atom. The molecule has 3 nitrogen and oxygen atoms in total. The highest BCUT2D eigenvalue weighted by Gasteiger charge is 2.47. The summed E-state index contributed by atoms with van der Waals surface area (Å²) in [5, 5.41) is 0. The van der Waals surface area contributed by atoms with E-state index in [1.54, 1.807) is 0 Å². The van der Waals surface area contributed by atoms with Gasteiger partial charge in [-0.1, -0.05) is 0 Å². The van der Waals surface area contributed by atoms with Crippen molar-refractivity contribution in [3.05, 3.63) is 0 Å². The molecule has 0 aromatic heterocycles. The molecule has 1 amide bonds. The number of carbonyl (C=O) groups is 1. The lowest BCUT2D eigenvalue weighted by Gasteiger charge is -2.27. The van der Waals surface area contributed by atoms with Crippen LogP contribution in [0.1, 0.15) is 26.2 Å². The molecule has 1 aliphatic rings. The van der Waals surface area contributed by atoms with Gasteiger partial charge in [0.1, 0.15) is 0 Å². The molecule has 0 aliphatic heterocycles. The molecule has 4 heteroatoms. The van der Waals surface area contributed by atoms with Crippen LogP contribution in [0.3, 0.4) is 0 Å². The summed E-state index contributed by atoms with van der Waals surface area (Å²) in [4.78, 5) is 13.6.